The summed E-state index contributed by atoms with van der Waals surface area (Å²) in [4.78, 5) is 24.0. The number of hydrogen-bond acceptors (Lipinski definition) is 4. The lowest BCUT2D eigenvalue weighted by Crippen LogP contribution is -2.37. The second-order valence-corrected chi connectivity index (χ2v) is 6.26. The van der Waals surface area contributed by atoms with Gasteiger partial charge in [0, 0.05) is 13.1 Å². The van der Waals surface area contributed by atoms with Gasteiger partial charge in [0.05, 0.1) is 17.1 Å². The largest absolute Gasteiger partial charge is 0.347 e. The van der Waals surface area contributed by atoms with Crippen molar-refractivity contribution in [1.29, 1.82) is 0 Å². The minimum Gasteiger partial charge on any atom is -0.347 e. The lowest BCUT2D eigenvalue weighted by Gasteiger charge is -2.11. The first-order valence-corrected chi connectivity index (χ1v) is 8.53. The molecule has 0 aliphatic carbocycles. The summed E-state index contributed by atoms with van der Waals surface area (Å²) in [6.45, 7) is 8.81. The van der Waals surface area contributed by atoms with Gasteiger partial charge in [0.1, 0.15) is 0 Å². The van der Waals surface area contributed by atoms with E-state index in [-0.39, 0.29) is 5.92 Å². The number of amides is 2. The van der Waals surface area contributed by atoms with Crippen LogP contribution >= 0.6 is 11.3 Å². The number of anilines is 1. The van der Waals surface area contributed by atoms with Crippen LogP contribution in [0.1, 0.15) is 36.7 Å². The number of aromatic nitrogens is 2. The highest BCUT2D eigenvalue weighted by molar-refractivity contribution is 7.07. The molecule has 6 nitrogen and oxygen atoms in total. The standard InChI is InChI=1S/C16H22N4O2S/c1-5-20-12(4)14(11(3)19-20)18-16(22)15(21)17-8-10(2)13-6-7-23-9-13/h6-7,9-10H,5,8H2,1-4H3,(H,17,21)(H,18,22). The van der Waals surface area contributed by atoms with Crippen molar-refractivity contribution in [2.45, 2.75) is 40.2 Å². The molecule has 0 saturated carbocycles. The molecule has 2 rings (SSSR count). The Morgan fingerprint density at radius 2 is 2.09 bits per heavy atom. The zero-order valence-corrected chi connectivity index (χ0v) is 14.7. The minimum atomic E-state index is -0.663. The number of carbonyl (C=O) groups excluding carboxylic acids is 2. The van der Waals surface area contributed by atoms with Crippen LogP contribution in [0.2, 0.25) is 0 Å². The molecule has 0 aromatic carbocycles. The average Bonchev–Trinajstić information content (AvgIpc) is 3.15. The number of carbonyl (C=O) groups is 2. The lowest BCUT2D eigenvalue weighted by molar-refractivity contribution is -0.136. The van der Waals surface area contributed by atoms with Crippen LogP contribution in [0.3, 0.4) is 0 Å². The van der Waals surface area contributed by atoms with Gasteiger partial charge >= 0.3 is 11.8 Å². The van der Waals surface area contributed by atoms with Crippen molar-refractivity contribution in [3.05, 3.63) is 33.8 Å². The number of hydrogen-bond donors (Lipinski definition) is 2. The fraction of sp³-hybridized carbons (Fsp3) is 0.438. The summed E-state index contributed by atoms with van der Waals surface area (Å²) in [7, 11) is 0. The maximum Gasteiger partial charge on any atom is 0.313 e. The van der Waals surface area contributed by atoms with Crippen LogP contribution in [0.5, 0.6) is 0 Å². The highest BCUT2D eigenvalue weighted by Gasteiger charge is 2.19. The molecule has 2 aromatic rings. The van der Waals surface area contributed by atoms with Crippen LogP contribution in [0.4, 0.5) is 5.69 Å². The SMILES string of the molecule is CCn1nc(C)c(NC(=O)C(=O)NCC(C)c2ccsc2)c1C. The topological polar surface area (TPSA) is 76.0 Å². The second kappa shape index (κ2) is 7.41. The number of nitrogens with one attached hydrogen (secondary N) is 2. The molecule has 2 N–H and O–H groups in total. The molecule has 0 radical (unpaired) electrons. The van der Waals surface area contributed by atoms with Crippen molar-refractivity contribution in [2.75, 3.05) is 11.9 Å². The summed E-state index contributed by atoms with van der Waals surface area (Å²) in [5.74, 6) is -1.12. The Morgan fingerprint density at radius 1 is 1.35 bits per heavy atom. The van der Waals surface area contributed by atoms with Gasteiger partial charge in [-0.05, 0) is 49.1 Å². The molecule has 1 atom stereocenters. The molecule has 0 spiro atoms. The molecular weight excluding hydrogens is 312 g/mol. The first-order valence-electron chi connectivity index (χ1n) is 7.59. The van der Waals surface area contributed by atoms with Crippen LogP contribution < -0.4 is 10.6 Å². The Kier molecular flexibility index (Phi) is 5.54. The van der Waals surface area contributed by atoms with Crippen molar-refractivity contribution in [2.24, 2.45) is 0 Å². The van der Waals surface area contributed by atoms with E-state index in [0.29, 0.717) is 24.5 Å². The molecule has 0 saturated heterocycles. The Hall–Kier alpha value is -2.15. The molecule has 0 aliphatic rings. The van der Waals surface area contributed by atoms with Crippen molar-refractivity contribution in [3.8, 4) is 0 Å². The quantitative estimate of drug-likeness (QED) is 0.825. The van der Waals surface area contributed by atoms with Gasteiger partial charge in [0.25, 0.3) is 0 Å². The van der Waals surface area contributed by atoms with E-state index in [9.17, 15) is 9.59 Å². The van der Waals surface area contributed by atoms with E-state index in [1.807, 2.05) is 44.5 Å². The third-order valence-electron chi connectivity index (χ3n) is 3.81. The Labute approximate surface area is 139 Å². The highest BCUT2D eigenvalue weighted by Crippen LogP contribution is 2.19. The lowest BCUT2D eigenvalue weighted by atomic mass is 10.1. The van der Waals surface area contributed by atoms with Crippen LogP contribution in [0.15, 0.2) is 16.8 Å². The van der Waals surface area contributed by atoms with E-state index in [0.717, 1.165) is 11.3 Å². The van der Waals surface area contributed by atoms with Crippen LogP contribution in [0.25, 0.3) is 0 Å². The van der Waals surface area contributed by atoms with Gasteiger partial charge < -0.3 is 10.6 Å². The third-order valence-corrected chi connectivity index (χ3v) is 4.51. The summed E-state index contributed by atoms with van der Waals surface area (Å²) >= 11 is 1.62. The van der Waals surface area contributed by atoms with Gasteiger partial charge in [0.15, 0.2) is 0 Å². The Bertz CT molecular complexity index is 691. The molecule has 0 aliphatic heterocycles. The van der Waals surface area contributed by atoms with E-state index in [2.05, 4.69) is 15.7 Å². The van der Waals surface area contributed by atoms with Gasteiger partial charge in [-0.25, -0.2) is 0 Å². The van der Waals surface area contributed by atoms with Crippen molar-refractivity contribution in [3.63, 3.8) is 0 Å². The molecule has 0 fully saturated rings. The molecule has 1 unspecified atom stereocenters. The van der Waals surface area contributed by atoms with Crippen molar-refractivity contribution < 1.29 is 9.59 Å². The number of thiophene rings is 1. The van der Waals surface area contributed by atoms with Gasteiger partial charge in [-0.15, -0.1) is 0 Å². The van der Waals surface area contributed by atoms with Crippen LogP contribution in [0, 0.1) is 13.8 Å². The van der Waals surface area contributed by atoms with E-state index < -0.39 is 11.8 Å². The molecule has 124 valence electrons. The van der Waals surface area contributed by atoms with E-state index in [1.54, 1.807) is 16.0 Å². The van der Waals surface area contributed by atoms with Crippen molar-refractivity contribution in [1.82, 2.24) is 15.1 Å². The van der Waals surface area contributed by atoms with Crippen molar-refractivity contribution >= 4 is 28.8 Å². The molecule has 0 bridgehead atoms. The van der Waals surface area contributed by atoms with Gasteiger partial charge in [0.2, 0.25) is 0 Å². The molecule has 2 amide bonds. The summed E-state index contributed by atoms with van der Waals surface area (Å²) < 4.78 is 1.79. The normalized spacial score (nSPS) is 12.0. The summed E-state index contributed by atoms with van der Waals surface area (Å²) in [6.07, 6.45) is 0. The fourth-order valence-electron chi connectivity index (χ4n) is 2.36. The maximum atomic E-state index is 12.1. The monoisotopic (exact) mass is 334 g/mol. The summed E-state index contributed by atoms with van der Waals surface area (Å²) in [5, 5.41) is 13.7. The first kappa shape index (κ1) is 17.2. The number of nitrogens with zero attached hydrogens (tertiary/aromatic N) is 2. The zero-order chi connectivity index (χ0) is 17.0. The Balaban J connectivity index is 1.93. The smallest absolute Gasteiger partial charge is 0.313 e. The van der Waals surface area contributed by atoms with Gasteiger partial charge in [-0.3, -0.25) is 14.3 Å². The van der Waals surface area contributed by atoms with Gasteiger partial charge in [-0.2, -0.15) is 16.4 Å². The predicted octanol–water partition coefficient (Wildman–Crippen LogP) is 2.44. The van der Waals surface area contributed by atoms with Crippen LogP contribution in [-0.4, -0.2) is 28.1 Å². The molecule has 23 heavy (non-hydrogen) atoms. The number of aryl methyl sites for hydroxylation is 2. The zero-order valence-electron chi connectivity index (χ0n) is 13.8. The van der Waals surface area contributed by atoms with E-state index in [1.165, 1.54) is 0 Å². The summed E-state index contributed by atoms with van der Waals surface area (Å²) in [6, 6.07) is 2.02. The Morgan fingerprint density at radius 3 is 2.65 bits per heavy atom. The molecule has 2 aromatic heterocycles. The predicted molar refractivity (Wildman–Crippen MR) is 91.7 cm³/mol. The van der Waals surface area contributed by atoms with Crippen LogP contribution in [-0.2, 0) is 16.1 Å². The second-order valence-electron chi connectivity index (χ2n) is 5.48. The van der Waals surface area contributed by atoms with E-state index in [4.69, 9.17) is 0 Å². The summed E-state index contributed by atoms with van der Waals surface area (Å²) in [5.41, 5.74) is 3.32. The third kappa shape index (κ3) is 3.98. The molecular formula is C16H22N4O2S. The van der Waals surface area contributed by atoms with E-state index >= 15 is 0 Å². The first-order chi connectivity index (χ1) is 10.9. The molecule has 2 heterocycles. The molecule has 7 heteroatoms. The average molecular weight is 334 g/mol. The fourth-order valence-corrected chi connectivity index (χ4v) is 3.14. The minimum absolute atomic E-state index is 0.171. The maximum absolute atomic E-state index is 12.1. The van der Waals surface area contributed by atoms with Gasteiger partial charge in [-0.1, -0.05) is 6.92 Å². The highest BCUT2D eigenvalue weighted by atomic mass is 32.1. The number of rotatable bonds is 5.